The van der Waals surface area contributed by atoms with Crippen LogP contribution in [0.15, 0.2) is 29.8 Å². The Morgan fingerprint density at radius 3 is 2.63 bits per heavy atom. The maximum atomic E-state index is 12.7. The van der Waals surface area contributed by atoms with Crippen molar-refractivity contribution in [1.29, 1.82) is 0 Å². The highest BCUT2D eigenvalue weighted by atomic mass is 32.1. The zero-order valence-electron chi connectivity index (χ0n) is 15.4. The fourth-order valence-electron chi connectivity index (χ4n) is 2.71. The van der Waals surface area contributed by atoms with Crippen LogP contribution >= 0.6 is 11.3 Å². The lowest BCUT2D eigenvalue weighted by molar-refractivity contribution is -0.117. The first kappa shape index (κ1) is 18.7. The predicted octanol–water partition coefficient (Wildman–Crippen LogP) is 2.41. The van der Waals surface area contributed by atoms with Crippen molar-refractivity contribution >= 4 is 39.2 Å². The molecule has 0 fully saturated rings. The van der Waals surface area contributed by atoms with Crippen molar-refractivity contribution in [3.63, 3.8) is 0 Å². The second-order valence-electron chi connectivity index (χ2n) is 5.87. The van der Waals surface area contributed by atoms with Gasteiger partial charge in [0.05, 0.1) is 19.7 Å². The second-order valence-corrected chi connectivity index (χ2v) is 6.77. The van der Waals surface area contributed by atoms with Gasteiger partial charge in [-0.3, -0.25) is 9.59 Å². The number of carbonyl (C=O) groups is 2. The van der Waals surface area contributed by atoms with Crippen LogP contribution in [0.3, 0.4) is 0 Å². The minimum absolute atomic E-state index is 0.337. The minimum Gasteiger partial charge on any atom is -0.497 e. The van der Waals surface area contributed by atoms with Gasteiger partial charge in [-0.1, -0.05) is 0 Å². The molecular weight excluding hydrogens is 368 g/mol. The SMILES string of the molecule is COc1cc(OC)c2cc(C(=O)N[C@H](C)C(=O)Nc3nccs3)n(C)c2c1. The molecule has 27 heavy (non-hydrogen) atoms. The molecule has 8 nitrogen and oxygen atoms in total. The minimum atomic E-state index is -0.726. The van der Waals surface area contributed by atoms with Gasteiger partial charge < -0.3 is 24.7 Å². The van der Waals surface area contributed by atoms with E-state index in [9.17, 15) is 9.59 Å². The van der Waals surface area contributed by atoms with E-state index >= 15 is 0 Å². The number of thiazole rings is 1. The van der Waals surface area contributed by atoms with E-state index in [4.69, 9.17) is 9.47 Å². The topological polar surface area (TPSA) is 94.5 Å². The molecule has 0 unspecified atom stereocenters. The van der Waals surface area contributed by atoms with Gasteiger partial charge in [0.25, 0.3) is 5.91 Å². The number of hydrogen-bond donors (Lipinski definition) is 2. The van der Waals surface area contributed by atoms with Gasteiger partial charge in [-0.05, 0) is 13.0 Å². The standard InChI is InChI=1S/C18H20N4O4S/c1-10(16(23)21-18-19-5-6-27-18)20-17(24)14-9-12-13(22(14)2)7-11(25-3)8-15(12)26-4/h5-10H,1-4H3,(H,20,24)(H,19,21,23)/t10-/m1/s1. The molecule has 3 rings (SSSR count). The third-order valence-electron chi connectivity index (χ3n) is 4.19. The number of rotatable bonds is 6. The van der Waals surface area contributed by atoms with Crippen LogP contribution in [0.4, 0.5) is 5.13 Å². The zero-order valence-corrected chi connectivity index (χ0v) is 16.2. The summed E-state index contributed by atoms with van der Waals surface area (Å²) >= 11 is 1.31. The Bertz CT molecular complexity index is 981. The van der Waals surface area contributed by atoms with Crippen LogP contribution in [-0.4, -0.2) is 41.6 Å². The molecule has 9 heteroatoms. The Labute approximate surface area is 160 Å². The van der Waals surface area contributed by atoms with E-state index in [1.165, 1.54) is 11.3 Å². The molecule has 2 amide bonds. The van der Waals surface area contributed by atoms with Crippen LogP contribution in [0.5, 0.6) is 11.5 Å². The first-order chi connectivity index (χ1) is 12.9. The summed E-state index contributed by atoms with van der Waals surface area (Å²) in [6, 6.07) is 4.59. The van der Waals surface area contributed by atoms with E-state index in [0.717, 1.165) is 10.9 Å². The van der Waals surface area contributed by atoms with Gasteiger partial charge >= 0.3 is 0 Å². The van der Waals surface area contributed by atoms with E-state index in [1.54, 1.807) is 56.5 Å². The van der Waals surface area contributed by atoms with Gasteiger partial charge in [0.2, 0.25) is 5.91 Å². The Hall–Kier alpha value is -3.07. The summed E-state index contributed by atoms with van der Waals surface area (Å²) in [6.45, 7) is 1.62. The van der Waals surface area contributed by atoms with E-state index in [-0.39, 0.29) is 11.8 Å². The molecule has 3 aromatic rings. The molecule has 0 saturated heterocycles. The second kappa shape index (κ2) is 7.67. The quantitative estimate of drug-likeness (QED) is 0.676. The molecule has 0 aliphatic rings. The highest BCUT2D eigenvalue weighted by Crippen LogP contribution is 2.33. The van der Waals surface area contributed by atoms with Gasteiger partial charge in [-0.2, -0.15) is 0 Å². The maximum Gasteiger partial charge on any atom is 0.268 e. The van der Waals surface area contributed by atoms with E-state index < -0.39 is 6.04 Å². The van der Waals surface area contributed by atoms with Crippen molar-refractivity contribution in [3.05, 3.63) is 35.5 Å². The van der Waals surface area contributed by atoms with Crippen molar-refractivity contribution in [3.8, 4) is 11.5 Å². The number of aromatic nitrogens is 2. The smallest absolute Gasteiger partial charge is 0.268 e. The summed E-state index contributed by atoms with van der Waals surface area (Å²) in [5, 5.41) is 8.40. The van der Waals surface area contributed by atoms with Gasteiger partial charge in [0.1, 0.15) is 23.2 Å². The highest BCUT2D eigenvalue weighted by Gasteiger charge is 2.21. The van der Waals surface area contributed by atoms with Gasteiger partial charge in [0, 0.05) is 36.1 Å². The van der Waals surface area contributed by atoms with Crippen LogP contribution in [0.2, 0.25) is 0 Å². The summed E-state index contributed by atoms with van der Waals surface area (Å²) < 4.78 is 12.4. The number of methoxy groups -OCH3 is 2. The summed E-state index contributed by atoms with van der Waals surface area (Å²) in [6.07, 6.45) is 1.60. The molecule has 0 bridgehead atoms. The molecule has 1 aromatic carbocycles. The average Bonchev–Trinajstić information content (AvgIpc) is 3.28. The molecule has 0 spiro atoms. The van der Waals surface area contributed by atoms with E-state index in [1.807, 2.05) is 6.07 Å². The number of carbonyl (C=O) groups excluding carboxylic acids is 2. The number of hydrogen-bond acceptors (Lipinski definition) is 6. The number of ether oxygens (including phenoxy) is 2. The third kappa shape index (κ3) is 3.72. The number of benzene rings is 1. The summed E-state index contributed by atoms with van der Waals surface area (Å²) in [5.41, 5.74) is 1.20. The van der Waals surface area contributed by atoms with E-state index in [2.05, 4.69) is 15.6 Å². The van der Waals surface area contributed by atoms with E-state index in [0.29, 0.717) is 22.3 Å². The lowest BCUT2D eigenvalue weighted by atomic mass is 10.2. The average molecular weight is 388 g/mol. The van der Waals surface area contributed by atoms with Crippen LogP contribution in [0.1, 0.15) is 17.4 Å². The van der Waals surface area contributed by atoms with Crippen molar-refractivity contribution in [2.75, 3.05) is 19.5 Å². The molecule has 2 aromatic heterocycles. The van der Waals surface area contributed by atoms with Crippen molar-refractivity contribution in [2.24, 2.45) is 7.05 Å². The molecule has 0 saturated carbocycles. The highest BCUT2D eigenvalue weighted by molar-refractivity contribution is 7.13. The van der Waals surface area contributed by atoms with Crippen molar-refractivity contribution in [1.82, 2.24) is 14.9 Å². The number of amides is 2. The van der Waals surface area contributed by atoms with Crippen molar-refractivity contribution < 1.29 is 19.1 Å². The molecule has 0 aliphatic carbocycles. The molecule has 2 N–H and O–H groups in total. The lowest BCUT2D eigenvalue weighted by Gasteiger charge is -2.13. The third-order valence-corrected chi connectivity index (χ3v) is 4.88. The summed E-state index contributed by atoms with van der Waals surface area (Å²) in [5.74, 6) is 0.532. The Morgan fingerprint density at radius 2 is 2.00 bits per heavy atom. The maximum absolute atomic E-state index is 12.7. The monoisotopic (exact) mass is 388 g/mol. The van der Waals surface area contributed by atoms with Gasteiger partial charge in [0.15, 0.2) is 5.13 Å². The molecule has 2 heterocycles. The number of aryl methyl sites for hydroxylation is 1. The Balaban J connectivity index is 1.83. The molecular formula is C18H20N4O4S. The first-order valence-electron chi connectivity index (χ1n) is 8.17. The molecule has 0 aliphatic heterocycles. The Morgan fingerprint density at radius 1 is 1.22 bits per heavy atom. The number of fused-ring (bicyclic) bond motifs is 1. The zero-order chi connectivity index (χ0) is 19.6. The van der Waals surface area contributed by atoms with Crippen LogP contribution in [0, 0.1) is 0 Å². The van der Waals surface area contributed by atoms with Gasteiger partial charge in [-0.15, -0.1) is 11.3 Å². The fraction of sp³-hybridized carbons (Fsp3) is 0.278. The fourth-order valence-corrected chi connectivity index (χ4v) is 3.24. The van der Waals surface area contributed by atoms with Crippen LogP contribution in [0.25, 0.3) is 10.9 Å². The lowest BCUT2D eigenvalue weighted by Crippen LogP contribution is -2.42. The summed E-state index contributed by atoms with van der Waals surface area (Å²) in [7, 11) is 4.91. The largest absolute Gasteiger partial charge is 0.497 e. The molecule has 1 atom stereocenters. The molecule has 142 valence electrons. The van der Waals surface area contributed by atoms with Gasteiger partial charge in [-0.25, -0.2) is 4.98 Å². The predicted molar refractivity (Wildman–Crippen MR) is 104 cm³/mol. The van der Waals surface area contributed by atoms with Crippen molar-refractivity contribution in [2.45, 2.75) is 13.0 Å². The first-order valence-corrected chi connectivity index (χ1v) is 9.05. The molecule has 0 radical (unpaired) electrons. The Kier molecular flexibility index (Phi) is 5.31. The number of anilines is 1. The number of nitrogens with one attached hydrogen (secondary N) is 2. The normalized spacial score (nSPS) is 11.9. The number of nitrogens with zero attached hydrogens (tertiary/aromatic N) is 2. The summed E-state index contributed by atoms with van der Waals surface area (Å²) in [4.78, 5) is 28.9. The van der Waals surface area contributed by atoms with Crippen LogP contribution in [-0.2, 0) is 11.8 Å². The van der Waals surface area contributed by atoms with Crippen LogP contribution < -0.4 is 20.1 Å².